The molecule has 0 radical (unpaired) electrons. The summed E-state index contributed by atoms with van der Waals surface area (Å²) in [6.45, 7) is 0.598. The summed E-state index contributed by atoms with van der Waals surface area (Å²) in [6, 6.07) is 6.17. The molecule has 0 saturated heterocycles. The quantitative estimate of drug-likeness (QED) is 0.796. The number of carboxylic acid groups (broad SMARTS) is 1. The molecule has 0 bridgehead atoms. The van der Waals surface area contributed by atoms with Crippen molar-refractivity contribution < 1.29 is 14.3 Å². The van der Waals surface area contributed by atoms with E-state index in [2.05, 4.69) is 5.32 Å². The van der Waals surface area contributed by atoms with E-state index >= 15 is 0 Å². The molecule has 2 N–H and O–H groups in total. The Balaban J connectivity index is 1.82. The molecule has 1 aliphatic carbocycles. The lowest BCUT2D eigenvalue weighted by Crippen LogP contribution is -2.08. The highest BCUT2D eigenvalue weighted by atomic mass is 19.1. The fourth-order valence-electron chi connectivity index (χ4n) is 1.62. The third-order valence-corrected chi connectivity index (χ3v) is 2.63. The summed E-state index contributed by atoms with van der Waals surface area (Å²) in [4.78, 5) is 10.5. The summed E-state index contributed by atoms with van der Waals surface area (Å²) in [7, 11) is 0. The molecule has 80 valence electrons. The van der Waals surface area contributed by atoms with Crippen LogP contribution in [0.15, 0.2) is 24.3 Å². The Morgan fingerprint density at radius 2 is 2.40 bits per heavy atom. The van der Waals surface area contributed by atoms with Crippen molar-refractivity contribution in [3.05, 3.63) is 30.1 Å². The first-order valence-corrected chi connectivity index (χ1v) is 4.89. The number of halogens is 1. The largest absolute Gasteiger partial charge is 0.481 e. The lowest BCUT2D eigenvalue weighted by atomic mass is 10.3. The first-order chi connectivity index (χ1) is 7.16. The molecular formula is C11H12FNO2. The van der Waals surface area contributed by atoms with Gasteiger partial charge in [-0.05, 0) is 30.5 Å². The van der Waals surface area contributed by atoms with E-state index < -0.39 is 5.97 Å². The smallest absolute Gasteiger partial charge is 0.306 e. The van der Waals surface area contributed by atoms with Crippen LogP contribution in [-0.2, 0) is 4.79 Å². The van der Waals surface area contributed by atoms with Crippen molar-refractivity contribution in [3.63, 3.8) is 0 Å². The minimum Gasteiger partial charge on any atom is -0.481 e. The summed E-state index contributed by atoms with van der Waals surface area (Å²) in [5.74, 6) is -1.05. The van der Waals surface area contributed by atoms with Gasteiger partial charge in [-0.2, -0.15) is 0 Å². The first kappa shape index (κ1) is 9.96. The molecule has 3 nitrogen and oxygen atoms in total. The minimum absolute atomic E-state index is 0.186. The van der Waals surface area contributed by atoms with Crippen molar-refractivity contribution in [1.82, 2.24) is 0 Å². The van der Waals surface area contributed by atoms with Gasteiger partial charge in [0.2, 0.25) is 0 Å². The summed E-state index contributed by atoms with van der Waals surface area (Å²) in [5.41, 5.74) is 0.700. The maximum atomic E-state index is 12.8. The van der Waals surface area contributed by atoms with Gasteiger partial charge in [-0.15, -0.1) is 0 Å². The van der Waals surface area contributed by atoms with E-state index in [1.807, 2.05) is 0 Å². The summed E-state index contributed by atoms with van der Waals surface area (Å²) >= 11 is 0. The molecule has 1 saturated carbocycles. The van der Waals surface area contributed by atoms with Gasteiger partial charge in [0, 0.05) is 12.2 Å². The van der Waals surface area contributed by atoms with E-state index in [4.69, 9.17) is 5.11 Å². The zero-order valence-electron chi connectivity index (χ0n) is 8.11. The number of hydrogen-bond acceptors (Lipinski definition) is 2. The van der Waals surface area contributed by atoms with Crippen molar-refractivity contribution >= 4 is 11.7 Å². The van der Waals surface area contributed by atoms with Crippen LogP contribution in [0.25, 0.3) is 0 Å². The summed E-state index contributed by atoms with van der Waals surface area (Å²) < 4.78 is 12.8. The van der Waals surface area contributed by atoms with E-state index in [-0.39, 0.29) is 17.7 Å². The topological polar surface area (TPSA) is 49.3 Å². The molecule has 4 heteroatoms. The number of hydrogen-bond donors (Lipinski definition) is 2. The van der Waals surface area contributed by atoms with Crippen molar-refractivity contribution in [2.24, 2.45) is 11.8 Å². The molecule has 15 heavy (non-hydrogen) atoms. The van der Waals surface area contributed by atoms with Crippen molar-refractivity contribution in [2.45, 2.75) is 6.42 Å². The maximum absolute atomic E-state index is 12.8. The lowest BCUT2D eigenvalue weighted by molar-refractivity contribution is -0.138. The third-order valence-electron chi connectivity index (χ3n) is 2.63. The fraction of sp³-hybridized carbons (Fsp3) is 0.364. The van der Waals surface area contributed by atoms with E-state index in [9.17, 15) is 9.18 Å². The molecule has 0 aliphatic heterocycles. The van der Waals surface area contributed by atoms with Crippen LogP contribution in [-0.4, -0.2) is 17.6 Å². The highest BCUT2D eigenvalue weighted by Gasteiger charge is 2.42. The predicted octanol–water partition coefficient (Wildman–Crippen LogP) is 1.96. The number of carbonyl (C=O) groups is 1. The maximum Gasteiger partial charge on any atom is 0.306 e. The van der Waals surface area contributed by atoms with E-state index in [0.29, 0.717) is 12.2 Å². The van der Waals surface area contributed by atoms with Gasteiger partial charge < -0.3 is 10.4 Å². The molecule has 0 spiro atoms. The molecule has 1 aromatic carbocycles. The van der Waals surface area contributed by atoms with Crippen LogP contribution >= 0.6 is 0 Å². The van der Waals surface area contributed by atoms with Crippen LogP contribution < -0.4 is 5.32 Å². The molecule has 1 aliphatic rings. The second-order valence-electron chi connectivity index (χ2n) is 3.83. The Hall–Kier alpha value is -1.58. The first-order valence-electron chi connectivity index (χ1n) is 4.89. The van der Waals surface area contributed by atoms with Gasteiger partial charge >= 0.3 is 5.97 Å². The second kappa shape index (κ2) is 3.88. The molecule has 2 rings (SSSR count). The Morgan fingerprint density at radius 1 is 1.60 bits per heavy atom. The second-order valence-corrected chi connectivity index (χ2v) is 3.83. The predicted molar refractivity (Wildman–Crippen MR) is 54.1 cm³/mol. The average Bonchev–Trinajstić information content (AvgIpc) is 2.94. The number of anilines is 1. The highest BCUT2D eigenvalue weighted by Crippen LogP contribution is 2.38. The van der Waals surface area contributed by atoms with Gasteiger partial charge in [-0.1, -0.05) is 6.07 Å². The zero-order chi connectivity index (χ0) is 10.8. The van der Waals surface area contributed by atoms with Gasteiger partial charge in [0.1, 0.15) is 5.82 Å². The van der Waals surface area contributed by atoms with Gasteiger partial charge in [0.05, 0.1) is 5.92 Å². The fourth-order valence-corrected chi connectivity index (χ4v) is 1.62. The molecule has 0 amide bonds. The zero-order valence-corrected chi connectivity index (χ0v) is 8.11. The molecule has 1 aromatic rings. The normalized spacial score (nSPS) is 23.5. The molecule has 0 aromatic heterocycles. The van der Waals surface area contributed by atoms with Crippen LogP contribution in [0.3, 0.4) is 0 Å². The monoisotopic (exact) mass is 209 g/mol. The number of carboxylic acids is 1. The molecule has 2 unspecified atom stereocenters. The van der Waals surface area contributed by atoms with Crippen LogP contribution in [0.1, 0.15) is 6.42 Å². The highest BCUT2D eigenvalue weighted by molar-refractivity contribution is 5.73. The molecule has 2 atom stereocenters. The molecule has 0 heterocycles. The van der Waals surface area contributed by atoms with E-state index in [1.165, 1.54) is 12.1 Å². The Labute approximate surface area is 86.9 Å². The van der Waals surface area contributed by atoms with Crippen LogP contribution in [0.5, 0.6) is 0 Å². The number of benzene rings is 1. The van der Waals surface area contributed by atoms with Crippen molar-refractivity contribution in [2.75, 3.05) is 11.9 Å². The van der Waals surface area contributed by atoms with Crippen LogP contribution in [0, 0.1) is 17.7 Å². The minimum atomic E-state index is -0.735. The van der Waals surface area contributed by atoms with Crippen LogP contribution in [0.4, 0.5) is 10.1 Å². The van der Waals surface area contributed by atoms with Gasteiger partial charge in [-0.3, -0.25) is 4.79 Å². The number of aliphatic carboxylic acids is 1. The van der Waals surface area contributed by atoms with Gasteiger partial charge in [-0.25, -0.2) is 4.39 Å². The average molecular weight is 209 g/mol. The summed E-state index contributed by atoms with van der Waals surface area (Å²) in [5, 5.41) is 11.7. The lowest BCUT2D eigenvalue weighted by Gasteiger charge is -2.04. The Bertz CT molecular complexity index is 381. The van der Waals surface area contributed by atoms with E-state index in [1.54, 1.807) is 12.1 Å². The number of nitrogens with one attached hydrogen (secondary N) is 1. The SMILES string of the molecule is O=C(O)C1CC1CNc1cccc(F)c1. The Kier molecular flexibility index (Phi) is 2.58. The van der Waals surface area contributed by atoms with Gasteiger partial charge in [0.15, 0.2) is 0 Å². The number of rotatable bonds is 4. The van der Waals surface area contributed by atoms with E-state index in [0.717, 1.165) is 6.42 Å². The third kappa shape index (κ3) is 2.46. The summed E-state index contributed by atoms with van der Waals surface area (Å²) in [6.07, 6.45) is 0.720. The van der Waals surface area contributed by atoms with Crippen molar-refractivity contribution in [1.29, 1.82) is 0 Å². The van der Waals surface area contributed by atoms with Crippen molar-refractivity contribution in [3.8, 4) is 0 Å². The molecule has 1 fully saturated rings. The Morgan fingerprint density at radius 3 is 3.00 bits per heavy atom. The molecular weight excluding hydrogens is 197 g/mol. The van der Waals surface area contributed by atoms with Crippen LogP contribution in [0.2, 0.25) is 0 Å². The standard InChI is InChI=1S/C11H12FNO2/c12-8-2-1-3-9(5-8)13-6-7-4-10(7)11(14)15/h1-3,5,7,10,13H,4,6H2,(H,14,15). The van der Waals surface area contributed by atoms with Gasteiger partial charge in [0.25, 0.3) is 0 Å².